The Morgan fingerprint density at radius 1 is 1.46 bits per heavy atom. The molecule has 3 rings (SSSR count). The molecule has 0 aromatic carbocycles. The third-order valence-corrected chi connectivity index (χ3v) is 5.10. The molecule has 24 heavy (non-hydrogen) atoms. The third-order valence-electron chi connectivity index (χ3n) is 4.19. The zero-order chi connectivity index (χ0) is 17.1. The monoisotopic (exact) mass is 352 g/mol. The van der Waals surface area contributed by atoms with Crippen LogP contribution >= 0.6 is 11.3 Å². The van der Waals surface area contributed by atoms with Crippen LogP contribution in [0, 0.1) is 0 Å². The van der Waals surface area contributed by atoms with E-state index >= 15 is 0 Å². The molecule has 130 valence electrons. The number of carbonyl (C=O) groups excluding carboxylic acids is 3. The van der Waals surface area contributed by atoms with Crippen LogP contribution in [0.3, 0.4) is 0 Å². The van der Waals surface area contributed by atoms with Crippen LogP contribution in [0.2, 0.25) is 0 Å². The molecule has 3 N–H and O–H groups in total. The first-order chi connectivity index (χ1) is 11.6. The van der Waals surface area contributed by atoms with Crippen LogP contribution in [-0.2, 0) is 14.3 Å². The Morgan fingerprint density at radius 3 is 2.92 bits per heavy atom. The van der Waals surface area contributed by atoms with Gasteiger partial charge in [-0.3, -0.25) is 9.59 Å². The average molecular weight is 352 g/mol. The Labute approximate surface area is 144 Å². The topological polar surface area (TPSA) is 88.9 Å². The molecule has 0 bridgehead atoms. The number of nitrogens with one attached hydrogen (secondary N) is 3. The number of esters is 1. The van der Waals surface area contributed by atoms with Gasteiger partial charge in [-0.2, -0.15) is 0 Å². The van der Waals surface area contributed by atoms with Crippen molar-refractivity contribution in [1.29, 1.82) is 0 Å². The van der Waals surface area contributed by atoms with E-state index in [0.29, 0.717) is 36.2 Å². The zero-order valence-corrected chi connectivity index (χ0v) is 14.5. The fourth-order valence-electron chi connectivity index (χ4n) is 2.88. The summed E-state index contributed by atoms with van der Waals surface area (Å²) in [6.45, 7) is 3.90. The van der Waals surface area contributed by atoms with E-state index in [0.717, 1.165) is 29.8 Å². The highest BCUT2D eigenvalue weighted by atomic mass is 32.1. The Kier molecular flexibility index (Phi) is 5.15. The summed E-state index contributed by atoms with van der Waals surface area (Å²) in [5.74, 6) is -0.193. The summed E-state index contributed by atoms with van der Waals surface area (Å²) >= 11 is 1.37. The van der Waals surface area contributed by atoms with E-state index in [4.69, 9.17) is 4.74 Å². The summed E-state index contributed by atoms with van der Waals surface area (Å²) < 4.78 is 5.15. The molecule has 1 atom stereocenters. The highest BCUT2D eigenvalue weighted by Crippen LogP contribution is 2.46. The van der Waals surface area contributed by atoms with Gasteiger partial charge in [-0.25, -0.2) is 4.79 Å². The first-order valence-corrected chi connectivity index (χ1v) is 9.15. The van der Waals surface area contributed by atoms with Crippen LogP contribution in [0.5, 0.6) is 0 Å². The summed E-state index contributed by atoms with van der Waals surface area (Å²) in [5.41, 5.74) is 1.49. The van der Waals surface area contributed by atoms with Gasteiger partial charge in [0.25, 0.3) is 11.8 Å². The minimum atomic E-state index is -0.374. The van der Waals surface area contributed by atoms with Crippen LogP contribution < -0.4 is 15.5 Å². The molecule has 1 aromatic rings. The van der Waals surface area contributed by atoms with Crippen molar-refractivity contribution in [3.8, 4) is 0 Å². The number of rotatable bonds is 6. The first kappa shape index (κ1) is 16.9. The van der Waals surface area contributed by atoms with Crippen LogP contribution in [0.1, 0.15) is 41.6 Å². The van der Waals surface area contributed by atoms with Gasteiger partial charge in [0.15, 0.2) is 13.1 Å². The predicted octanol–water partition coefficient (Wildman–Crippen LogP) is -0.245. The molecule has 7 nitrogen and oxygen atoms in total. The Balaban J connectivity index is 1.68. The number of piperazine rings is 1. The average Bonchev–Trinajstić information content (AvgIpc) is 3.29. The normalized spacial score (nSPS) is 20.4. The van der Waals surface area contributed by atoms with Crippen molar-refractivity contribution >= 4 is 34.1 Å². The maximum atomic E-state index is 12.3. The van der Waals surface area contributed by atoms with Crippen molar-refractivity contribution < 1.29 is 24.0 Å². The molecule has 0 spiro atoms. The molecular formula is C16H22N3O4S+. The van der Waals surface area contributed by atoms with Gasteiger partial charge < -0.3 is 20.3 Å². The van der Waals surface area contributed by atoms with Crippen molar-refractivity contribution in [1.82, 2.24) is 5.32 Å². The Bertz CT molecular complexity index is 654. The largest absolute Gasteiger partial charge is 0.462 e. The molecule has 2 fully saturated rings. The summed E-state index contributed by atoms with van der Waals surface area (Å²) in [4.78, 5) is 36.9. The van der Waals surface area contributed by atoms with Gasteiger partial charge >= 0.3 is 5.97 Å². The molecule has 8 heteroatoms. The lowest BCUT2D eigenvalue weighted by atomic mass is 10.1. The van der Waals surface area contributed by atoms with Crippen LogP contribution in [-0.4, -0.2) is 50.6 Å². The number of anilines is 1. The van der Waals surface area contributed by atoms with E-state index in [1.54, 1.807) is 6.92 Å². The lowest BCUT2D eigenvalue weighted by Crippen LogP contribution is -3.16. The summed E-state index contributed by atoms with van der Waals surface area (Å²) in [6, 6.07) is 0. The quantitative estimate of drug-likeness (QED) is 0.616. The third kappa shape index (κ3) is 3.93. The fourth-order valence-corrected chi connectivity index (χ4v) is 3.92. The van der Waals surface area contributed by atoms with E-state index < -0.39 is 0 Å². The number of hydrogen-bond donors (Lipinski definition) is 3. The standard InChI is InChI=1S/C16H21N3O4S/c1-2-23-16(22)14-11(10-3-4-10)9-24-15(14)18-13(21)8-19-6-5-17-12(20)7-19/h9-10H,2-8H2,1H3,(H,17,20)(H,18,21)/p+1. The molecule has 1 aliphatic carbocycles. The summed E-state index contributed by atoms with van der Waals surface area (Å²) in [5, 5.41) is 8.09. The number of quaternary nitrogens is 1. The van der Waals surface area contributed by atoms with Crippen molar-refractivity contribution in [2.24, 2.45) is 0 Å². The molecule has 1 aromatic heterocycles. The second kappa shape index (κ2) is 7.31. The second-order valence-electron chi connectivity index (χ2n) is 6.14. The van der Waals surface area contributed by atoms with Gasteiger partial charge in [0.2, 0.25) is 0 Å². The van der Waals surface area contributed by atoms with E-state index in [1.165, 1.54) is 11.3 Å². The minimum Gasteiger partial charge on any atom is -0.462 e. The van der Waals surface area contributed by atoms with Crippen LogP contribution in [0.25, 0.3) is 0 Å². The SMILES string of the molecule is CCOC(=O)c1c(C2CC2)csc1NC(=O)C[NH+]1CCNC(=O)C1. The van der Waals surface area contributed by atoms with Crippen molar-refractivity contribution in [2.75, 3.05) is 38.1 Å². The highest BCUT2D eigenvalue weighted by Gasteiger charge is 2.32. The number of hydrogen-bond acceptors (Lipinski definition) is 5. The second-order valence-corrected chi connectivity index (χ2v) is 7.02. The van der Waals surface area contributed by atoms with E-state index in [-0.39, 0.29) is 24.3 Å². The predicted molar refractivity (Wildman–Crippen MR) is 89.5 cm³/mol. The summed E-state index contributed by atoms with van der Waals surface area (Å²) in [6.07, 6.45) is 2.15. The number of ether oxygens (including phenoxy) is 1. The van der Waals surface area contributed by atoms with Gasteiger partial charge in [-0.15, -0.1) is 11.3 Å². The molecule has 1 saturated heterocycles. The molecule has 1 aliphatic heterocycles. The van der Waals surface area contributed by atoms with Crippen LogP contribution in [0.4, 0.5) is 5.00 Å². The van der Waals surface area contributed by atoms with Gasteiger partial charge in [0.1, 0.15) is 5.00 Å². The molecule has 2 amide bonds. The van der Waals surface area contributed by atoms with Crippen molar-refractivity contribution in [3.63, 3.8) is 0 Å². The van der Waals surface area contributed by atoms with Crippen molar-refractivity contribution in [3.05, 3.63) is 16.5 Å². The molecule has 2 heterocycles. The lowest BCUT2D eigenvalue weighted by molar-refractivity contribution is -0.885. The maximum Gasteiger partial charge on any atom is 0.341 e. The van der Waals surface area contributed by atoms with Crippen molar-refractivity contribution in [2.45, 2.75) is 25.7 Å². The molecular weight excluding hydrogens is 330 g/mol. The number of thiophene rings is 1. The molecule has 1 unspecified atom stereocenters. The van der Waals surface area contributed by atoms with Crippen LogP contribution in [0.15, 0.2) is 5.38 Å². The van der Waals surface area contributed by atoms with Gasteiger partial charge in [-0.1, -0.05) is 0 Å². The first-order valence-electron chi connectivity index (χ1n) is 8.27. The highest BCUT2D eigenvalue weighted by molar-refractivity contribution is 7.15. The zero-order valence-electron chi connectivity index (χ0n) is 13.6. The Morgan fingerprint density at radius 2 is 2.25 bits per heavy atom. The number of amides is 2. The molecule has 2 aliphatic rings. The summed E-state index contributed by atoms with van der Waals surface area (Å²) in [7, 11) is 0. The van der Waals surface area contributed by atoms with Gasteiger partial charge in [0, 0.05) is 0 Å². The van der Waals surface area contributed by atoms with E-state index in [1.807, 2.05) is 5.38 Å². The van der Waals surface area contributed by atoms with E-state index in [2.05, 4.69) is 10.6 Å². The van der Waals surface area contributed by atoms with E-state index in [9.17, 15) is 14.4 Å². The van der Waals surface area contributed by atoms with Gasteiger partial charge in [-0.05, 0) is 36.6 Å². The smallest absolute Gasteiger partial charge is 0.341 e. The Hall–Kier alpha value is -1.93. The van der Waals surface area contributed by atoms with Gasteiger partial charge in [0.05, 0.1) is 25.3 Å². The number of carbonyl (C=O) groups is 3. The molecule has 0 radical (unpaired) electrons. The molecule has 1 saturated carbocycles. The minimum absolute atomic E-state index is 0.0385. The maximum absolute atomic E-state index is 12.3. The lowest BCUT2D eigenvalue weighted by Gasteiger charge is -2.22. The fraction of sp³-hybridized carbons (Fsp3) is 0.562.